The summed E-state index contributed by atoms with van der Waals surface area (Å²) in [5.74, 6) is 0. The predicted molar refractivity (Wildman–Crippen MR) is 15.2 cm³/mol. The quantitative estimate of drug-likeness (QED) is 0.395. The molecular formula is O8P2Zr-2. The molecule has 0 atom stereocenters. The molecular weight excluding hydrogens is 281 g/mol. The van der Waals surface area contributed by atoms with Gasteiger partial charge < -0.3 is 38.5 Å². The summed E-state index contributed by atoms with van der Waals surface area (Å²) >= 11 is 0. The van der Waals surface area contributed by atoms with Crippen LogP contribution in [0.1, 0.15) is 0 Å². The van der Waals surface area contributed by atoms with Crippen LogP contribution in [-0.2, 0) is 35.3 Å². The van der Waals surface area contributed by atoms with Crippen molar-refractivity contribution in [2.24, 2.45) is 0 Å². The van der Waals surface area contributed by atoms with Crippen molar-refractivity contribution in [1.82, 2.24) is 0 Å². The predicted octanol–water partition coefficient (Wildman–Crippen LogP) is -5.65. The van der Waals surface area contributed by atoms with Gasteiger partial charge in [-0.25, -0.2) is 0 Å². The van der Waals surface area contributed by atoms with Gasteiger partial charge >= 0.3 is 26.2 Å². The molecule has 0 aliphatic rings. The van der Waals surface area contributed by atoms with E-state index in [1.807, 2.05) is 0 Å². The van der Waals surface area contributed by atoms with Crippen LogP contribution in [0.25, 0.3) is 0 Å². The summed E-state index contributed by atoms with van der Waals surface area (Å²) in [6, 6.07) is 0. The Kier molecular flexibility index (Phi) is 10.8. The van der Waals surface area contributed by atoms with Crippen molar-refractivity contribution in [2.75, 3.05) is 0 Å². The Hall–Kier alpha value is 1.10. The fraction of sp³-hybridized carbons (Fsp3) is 0. The minimum Gasteiger partial charge on any atom is -0.822 e. The van der Waals surface area contributed by atoms with Gasteiger partial charge in [-0.2, -0.15) is 15.6 Å². The van der Waals surface area contributed by atoms with Crippen molar-refractivity contribution < 1.29 is 64.7 Å². The van der Waals surface area contributed by atoms with Crippen molar-refractivity contribution in [3.63, 3.8) is 0 Å². The second-order valence-electron chi connectivity index (χ2n) is 0.894. The zero-order chi connectivity index (χ0) is 9.00. The molecule has 0 aliphatic carbocycles. The molecule has 64 valence electrons. The van der Waals surface area contributed by atoms with Crippen molar-refractivity contribution in [3.05, 3.63) is 0 Å². The van der Waals surface area contributed by atoms with Gasteiger partial charge in [-0.1, -0.05) is 0 Å². The topological polar surface area (TPSA) is 172 Å². The molecule has 0 unspecified atom stereocenters. The van der Waals surface area contributed by atoms with Gasteiger partial charge in [-0.05, 0) is 0 Å². The maximum atomic E-state index is 8.55. The number of hydrogen-bond acceptors (Lipinski definition) is 8. The van der Waals surface area contributed by atoms with Gasteiger partial charge in [0.1, 0.15) is 0 Å². The van der Waals surface area contributed by atoms with E-state index in [4.69, 9.17) is 38.5 Å². The molecule has 0 saturated heterocycles. The molecule has 0 rings (SSSR count). The van der Waals surface area contributed by atoms with Crippen LogP contribution in [0.2, 0.25) is 0 Å². The summed E-state index contributed by atoms with van der Waals surface area (Å²) < 4.78 is 17.1. The molecule has 0 aromatic carbocycles. The second-order valence-corrected chi connectivity index (χ2v) is 2.68. The standard InChI is InChI=1S/2H3O4P.Zr/c2*1-5(2,3)4;/h2*(H3,1,2,3,4);/q;;+4/p-6. The molecule has 8 nitrogen and oxygen atoms in total. The van der Waals surface area contributed by atoms with Gasteiger partial charge in [0.15, 0.2) is 0 Å². The van der Waals surface area contributed by atoms with E-state index in [1.54, 1.807) is 0 Å². The van der Waals surface area contributed by atoms with Crippen LogP contribution in [0.15, 0.2) is 0 Å². The Morgan fingerprint density at radius 3 is 0.636 bits per heavy atom. The third-order valence-corrected chi connectivity index (χ3v) is 0. The minimum atomic E-state index is -5.39. The van der Waals surface area contributed by atoms with Crippen LogP contribution >= 0.6 is 15.6 Å². The summed E-state index contributed by atoms with van der Waals surface area (Å²) in [7, 11) is -10.8. The monoisotopic (exact) mass is 280 g/mol. The second kappa shape index (κ2) is 6.60. The third-order valence-electron chi connectivity index (χ3n) is 0. The third kappa shape index (κ3) is 756. The SMILES string of the molecule is O=P([O-])([O-])[O-].O=P([O-])([O-])[O-].[Zr+4]. The van der Waals surface area contributed by atoms with Gasteiger partial charge in [0.2, 0.25) is 0 Å². The van der Waals surface area contributed by atoms with Gasteiger partial charge in [-0.15, -0.1) is 0 Å². The zero-order valence-corrected chi connectivity index (χ0v) is 8.91. The summed E-state index contributed by atoms with van der Waals surface area (Å²) in [5.41, 5.74) is 0. The van der Waals surface area contributed by atoms with E-state index in [0.717, 1.165) is 0 Å². The van der Waals surface area contributed by atoms with E-state index in [9.17, 15) is 0 Å². The Labute approximate surface area is 80.5 Å². The van der Waals surface area contributed by atoms with Crippen LogP contribution in [0, 0.1) is 0 Å². The summed E-state index contributed by atoms with van der Waals surface area (Å²) in [4.78, 5) is 51.3. The molecule has 0 saturated carbocycles. The molecule has 0 aromatic heterocycles. The van der Waals surface area contributed by atoms with E-state index in [2.05, 4.69) is 0 Å². The van der Waals surface area contributed by atoms with Crippen molar-refractivity contribution in [3.8, 4) is 0 Å². The summed E-state index contributed by atoms with van der Waals surface area (Å²) in [6.45, 7) is 0. The first kappa shape index (κ1) is 18.0. The van der Waals surface area contributed by atoms with E-state index in [1.165, 1.54) is 0 Å². The minimum absolute atomic E-state index is 0. The summed E-state index contributed by atoms with van der Waals surface area (Å²) in [5, 5.41) is 0. The number of hydrogen-bond donors (Lipinski definition) is 0. The van der Waals surface area contributed by atoms with Crippen molar-refractivity contribution >= 4 is 15.6 Å². The van der Waals surface area contributed by atoms with E-state index >= 15 is 0 Å². The van der Waals surface area contributed by atoms with Crippen LogP contribution in [0.5, 0.6) is 0 Å². The molecule has 0 radical (unpaired) electrons. The number of rotatable bonds is 0. The zero-order valence-electron chi connectivity index (χ0n) is 4.66. The first-order chi connectivity index (χ1) is 4.00. The van der Waals surface area contributed by atoms with Crippen molar-refractivity contribution in [1.29, 1.82) is 0 Å². The average molecular weight is 281 g/mol. The molecule has 0 amide bonds. The van der Waals surface area contributed by atoms with Crippen LogP contribution in [0.4, 0.5) is 0 Å². The van der Waals surface area contributed by atoms with Crippen LogP contribution in [0.3, 0.4) is 0 Å². The Balaban J connectivity index is -0.000000107. The first-order valence-corrected chi connectivity index (χ1v) is 4.38. The molecule has 0 aromatic rings. The largest absolute Gasteiger partial charge is 4.00 e. The van der Waals surface area contributed by atoms with Gasteiger partial charge in [0.05, 0.1) is 0 Å². The summed E-state index contributed by atoms with van der Waals surface area (Å²) in [6.07, 6.45) is 0. The Morgan fingerprint density at radius 2 is 0.636 bits per heavy atom. The molecule has 0 spiro atoms. The molecule has 0 aliphatic heterocycles. The first-order valence-electron chi connectivity index (χ1n) is 1.46. The number of phosphoric acid groups is 2. The molecule has 11 heavy (non-hydrogen) atoms. The van der Waals surface area contributed by atoms with E-state index in [0.29, 0.717) is 0 Å². The van der Waals surface area contributed by atoms with Gasteiger partial charge in [-0.3, -0.25) is 0 Å². The maximum absolute atomic E-state index is 8.55. The van der Waals surface area contributed by atoms with Crippen LogP contribution < -0.4 is 29.4 Å². The van der Waals surface area contributed by atoms with Gasteiger partial charge in [0.25, 0.3) is 0 Å². The molecule has 0 bridgehead atoms. The van der Waals surface area contributed by atoms with Gasteiger partial charge in [0, 0.05) is 0 Å². The fourth-order valence-corrected chi connectivity index (χ4v) is 0. The normalized spacial score (nSPS) is 10.7. The molecule has 0 heterocycles. The Morgan fingerprint density at radius 1 is 0.636 bits per heavy atom. The van der Waals surface area contributed by atoms with E-state index < -0.39 is 15.6 Å². The van der Waals surface area contributed by atoms with E-state index in [-0.39, 0.29) is 26.2 Å². The average Bonchev–Trinajstić information content (AvgIpc) is 1.12. The maximum Gasteiger partial charge on any atom is 4.00 e. The Bertz CT molecular complexity index is 124. The smallest absolute Gasteiger partial charge is 0.822 e. The van der Waals surface area contributed by atoms with Crippen LogP contribution in [-0.4, -0.2) is 0 Å². The molecule has 0 fully saturated rings. The molecule has 0 N–H and O–H groups in total. The molecule has 11 heteroatoms. The van der Waals surface area contributed by atoms with Crippen molar-refractivity contribution in [2.45, 2.75) is 0 Å². The fourth-order valence-electron chi connectivity index (χ4n) is 0.